The van der Waals surface area contributed by atoms with E-state index in [1.54, 1.807) is 0 Å². The number of hydrogen-bond donors (Lipinski definition) is 3. The minimum Gasteiger partial charge on any atom is -0.366 e. The summed E-state index contributed by atoms with van der Waals surface area (Å²) in [6.07, 6.45) is 4.66. The molecule has 0 saturated heterocycles. The van der Waals surface area contributed by atoms with Gasteiger partial charge in [-0.3, -0.25) is 19.1 Å². The summed E-state index contributed by atoms with van der Waals surface area (Å²) in [5.41, 5.74) is 3.83. The van der Waals surface area contributed by atoms with Gasteiger partial charge in [-0.2, -0.15) is 8.42 Å². The van der Waals surface area contributed by atoms with Crippen molar-refractivity contribution in [3.8, 4) is 0 Å². The van der Waals surface area contributed by atoms with Crippen LogP contribution in [0.25, 0.3) is 0 Å². The van der Waals surface area contributed by atoms with Crippen LogP contribution in [0.15, 0.2) is 53.8 Å². The summed E-state index contributed by atoms with van der Waals surface area (Å²) in [5.74, 6) is 1.01. The van der Waals surface area contributed by atoms with Gasteiger partial charge < -0.3 is 5.32 Å². The summed E-state index contributed by atoms with van der Waals surface area (Å²) >= 11 is 0. The van der Waals surface area contributed by atoms with Crippen LogP contribution in [-0.4, -0.2) is 34.9 Å². The van der Waals surface area contributed by atoms with Crippen LogP contribution in [0.2, 0.25) is 0 Å². The Hall–Kier alpha value is -2.29. The number of pyridine rings is 1. The lowest BCUT2D eigenvalue weighted by Gasteiger charge is -2.18. The average Bonchev–Trinajstić information content (AvgIpc) is 2.52. The highest BCUT2D eigenvalue weighted by Gasteiger charge is 2.12. The van der Waals surface area contributed by atoms with Crippen molar-refractivity contribution >= 4 is 16.2 Å². The molecule has 8 heteroatoms. The van der Waals surface area contributed by atoms with Gasteiger partial charge in [0.15, 0.2) is 0 Å². The third kappa shape index (κ3) is 6.15. The predicted molar refractivity (Wildman–Crippen MR) is 86.8 cm³/mol. The number of aromatic nitrogens is 1. The molecule has 0 amide bonds. The van der Waals surface area contributed by atoms with Gasteiger partial charge in [0.05, 0.1) is 0 Å². The molecule has 3 N–H and O–H groups in total. The second-order valence-corrected chi connectivity index (χ2v) is 5.69. The zero-order valence-corrected chi connectivity index (χ0v) is 13.1. The molecule has 0 fully saturated rings. The number of rotatable bonds is 2. The lowest BCUT2D eigenvalue weighted by molar-refractivity contribution is 0.381. The highest BCUT2D eigenvalue weighted by Crippen LogP contribution is 2.14. The van der Waals surface area contributed by atoms with Crippen LogP contribution in [0.5, 0.6) is 0 Å². The van der Waals surface area contributed by atoms with E-state index in [0.717, 1.165) is 25.3 Å². The molecule has 1 aliphatic heterocycles. The Balaban J connectivity index is 0.000000338. The SMILES string of the molecule is O=S(=O)(O)O.c1ccc2c(c1)CCN=C2NCc1ccncc1. The Bertz CT molecular complexity index is 768. The Morgan fingerprint density at radius 3 is 2.43 bits per heavy atom. The first-order chi connectivity index (χ1) is 10.9. The van der Waals surface area contributed by atoms with Gasteiger partial charge in [-0.05, 0) is 29.7 Å². The largest absolute Gasteiger partial charge is 0.394 e. The fraction of sp³-hybridized carbons (Fsp3) is 0.200. The van der Waals surface area contributed by atoms with Crippen molar-refractivity contribution < 1.29 is 17.5 Å². The van der Waals surface area contributed by atoms with E-state index in [1.165, 1.54) is 16.7 Å². The van der Waals surface area contributed by atoms with Crippen LogP contribution in [0.4, 0.5) is 0 Å². The van der Waals surface area contributed by atoms with Crippen molar-refractivity contribution in [2.75, 3.05) is 6.54 Å². The third-order valence-electron chi connectivity index (χ3n) is 3.13. The zero-order chi connectivity index (χ0) is 16.7. The van der Waals surface area contributed by atoms with Crippen LogP contribution in [0, 0.1) is 0 Å². The van der Waals surface area contributed by atoms with Gasteiger partial charge >= 0.3 is 10.4 Å². The molecule has 3 rings (SSSR count). The molecule has 2 heterocycles. The average molecular weight is 335 g/mol. The Morgan fingerprint density at radius 2 is 1.74 bits per heavy atom. The number of fused-ring (bicyclic) bond motifs is 1. The van der Waals surface area contributed by atoms with Gasteiger partial charge in [0.1, 0.15) is 5.84 Å². The zero-order valence-electron chi connectivity index (χ0n) is 12.3. The monoisotopic (exact) mass is 335 g/mol. The fourth-order valence-electron chi connectivity index (χ4n) is 2.18. The van der Waals surface area contributed by atoms with E-state index < -0.39 is 10.4 Å². The normalized spacial score (nSPS) is 13.2. The molecule has 0 spiro atoms. The molecular weight excluding hydrogens is 318 g/mol. The molecule has 122 valence electrons. The van der Waals surface area contributed by atoms with E-state index >= 15 is 0 Å². The van der Waals surface area contributed by atoms with Crippen molar-refractivity contribution in [3.63, 3.8) is 0 Å². The van der Waals surface area contributed by atoms with E-state index in [4.69, 9.17) is 17.5 Å². The van der Waals surface area contributed by atoms with Crippen LogP contribution >= 0.6 is 0 Å². The quantitative estimate of drug-likeness (QED) is 0.718. The van der Waals surface area contributed by atoms with E-state index in [1.807, 2.05) is 24.5 Å². The number of aliphatic imine (C=N–C) groups is 1. The fourth-order valence-corrected chi connectivity index (χ4v) is 2.18. The summed E-state index contributed by atoms with van der Waals surface area (Å²) < 4.78 is 31.6. The number of hydrogen-bond acceptors (Lipinski definition) is 5. The summed E-state index contributed by atoms with van der Waals surface area (Å²) in [6.45, 7) is 1.66. The van der Waals surface area contributed by atoms with E-state index in [2.05, 4.69) is 39.6 Å². The topological polar surface area (TPSA) is 112 Å². The van der Waals surface area contributed by atoms with Crippen molar-refractivity contribution in [3.05, 3.63) is 65.5 Å². The lowest BCUT2D eigenvalue weighted by atomic mass is 10.0. The molecule has 0 unspecified atom stereocenters. The third-order valence-corrected chi connectivity index (χ3v) is 3.13. The van der Waals surface area contributed by atoms with Crippen molar-refractivity contribution in [2.24, 2.45) is 4.99 Å². The molecule has 0 radical (unpaired) electrons. The lowest BCUT2D eigenvalue weighted by Crippen LogP contribution is -2.28. The van der Waals surface area contributed by atoms with Gasteiger partial charge in [-0.15, -0.1) is 0 Å². The Labute approximate surface area is 134 Å². The molecule has 0 atom stereocenters. The van der Waals surface area contributed by atoms with Gasteiger partial charge in [0.2, 0.25) is 0 Å². The van der Waals surface area contributed by atoms with Crippen molar-refractivity contribution in [2.45, 2.75) is 13.0 Å². The standard InChI is InChI=1S/C15H15N3.H2O4S/c1-2-4-14-13(3-1)7-10-17-15(14)18-11-12-5-8-16-9-6-12;1-5(2,3)4/h1-6,8-9H,7,10-11H2,(H,17,18);(H2,1,2,3,4). The Morgan fingerprint density at radius 1 is 1.09 bits per heavy atom. The van der Waals surface area contributed by atoms with Gasteiger partial charge in [-0.1, -0.05) is 24.3 Å². The molecule has 23 heavy (non-hydrogen) atoms. The van der Waals surface area contributed by atoms with Crippen molar-refractivity contribution in [1.82, 2.24) is 10.3 Å². The second-order valence-electron chi connectivity index (χ2n) is 4.79. The summed E-state index contributed by atoms with van der Waals surface area (Å²) in [4.78, 5) is 8.59. The molecule has 0 aliphatic carbocycles. The maximum absolute atomic E-state index is 8.74. The maximum atomic E-state index is 8.74. The van der Waals surface area contributed by atoms with E-state index in [0.29, 0.717) is 0 Å². The molecule has 1 aromatic carbocycles. The highest BCUT2D eigenvalue weighted by atomic mass is 32.3. The molecule has 0 bridgehead atoms. The molecular formula is C15H17N3O4S. The Kier molecular flexibility index (Phi) is 5.80. The maximum Gasteiger partial charge on any atom is 0.394 e. The highest BCUT2D eigenvalue weighted by molar-refractivity contribution is 7.79. The predicted octanol–water partition coefficient (Wildman–Crippen LogP) is 1.52. The molecule has 1 aliphatic rings. The number of nitrogens with zero attached hydrogens (tertiary/aromatic N) is 2. The smallest absolute Gasteiger partial charge is 0.366 e. The first kappa shape index (κ1) is 17.1. The first-order valence-corrected chi connectivity index (χ1v) is 8.28. The number of benzene rings is 1. The van der Waals surface area contributed by atoms with Crippen LogP contribution in [0.1, 0.15) is 16.7 Å². The van der Waals surface area contributed by atoms with E-state index in [-0.39, 0.29) is 0 Å². The molecule has 2 aromatic rings. The van der Waals surface area contributed by atoms with Gasteiger partial charge in [0.25, 0.3) is 0 Å². The second kappa shape index (κ2) is 7.82. The van der Waals surface area contributed by atoms with Crippen LogP contribution in [0.3, 0.4) is 0 Å². The first-order valence-electron chi connectivity index (χ1n) is 6.89. The number of nitrogens with one attached hydrogen (secondary N) is 1. The molecule has 0 saturated carbocycles. The summed E-state index contributed by atoms with van der Waals surface area (Å²) in [5, 5.41) is 3.42. The summed E-state index contributed by atoms with van der Waals surface area (Å²) in [7, 11) is -4.67. The minimum atomic E-state index is -4.67. The molecule has 1 aromatic heterocycles. The van der Waals surface area contributed by atoms with Crippen molar-refractivity contribution in [1.29, 1.82) is 0 Å². The van der Waals surface area contributed by atoms with Crippen LogP contribution in [-0.2, 0) is 23.4 Å². The summed E-state index contributed by atoms with van der Waals surface area (Å²) in [6, 6.07) is 12.5. The van der Waals surface area contributed by atoms with Gasteiger partial charge in [-0.25, -0.2) is 0 Å². The minimum absolute atomic E-state index is 0.787. The van der Waals surface area contributed by atoms with Gasteiger partial charge in [0, 0.05) is 31.0 Å². The van der Waals surface area contributed by atoms with Crippen LogP contribution < -0.4 is 5.32 Å². The number of amidine groups is 1. The molecule has 7 nitrogen and oxygen atoms in total. The van der Waals surface area contributed by atoms with E-state index in [9.17, 15) is 0 Å².